The van der Waals surface area contributed by atoms with Gasteiger partial charge in [-0.05, 0) is 19.4 Å². The zero-order valence-corrected chi connectivity index (χ0v) is 8.48. The van der Waals surface area contributed by atoms with Crippen LogP contribution in [0.2, 0.25) is 0 Å². The number of likely N-dealkylation sites (tertiary alicyclic amines) is 1. The summed E-state index contributed by atoms with van der Waals surface area (Å²) in [5.41, 5.74) is 0. The Kier molecular flexibility index (Phi) is 4.90. The number of aliphatic carboxylic acids is 1. The summed E-state index contributed by atoms with van der Waals surface area (Å²) in [6, 6.07) is 0. The van der Waals surface area contributed by atoms with Crippen LogP contribution >= 0.6 is 0 Å². The predicted molar refractivity (Wildman–Crippen MR) is 53.1 cm³/mol. The molecule has 0 spiro atoms. The first-order valence-corrected chi connectivity index (χ1v) is 5.30. The molecule has 2 N–H and O–H groups in total. The first kappa shape index (κ1) is 11.5. The van der Waals surface area contributed by atoms with E-state index in [2.05, 4.69) is 4.90 Å². The normalized spacial score (nSPS) is 18.1. The first-order valence-electron chi connectivity index (χ1n) is 5.30. The zero-order chi connectivity index (χ0) is 10.4. The van der Waals surface area contributed by atoms with Gasteiger partial charge in [-0.15, -0.1) is 0 Å². The third-order valence-electron chi connectivity index (χ3n) is 2.69. The zero-order valence-electron chi connectivity index (χ0n) is 8.48. The molecular formula is C10H19NO3. The van der Waals surface area contributed by atoms with Crippen molar-refractivity contribution in [2.45, 2.75) is 25.7 Å². The highest BCUT2D eigenvalue weighted by Crippen LogP contribution is 2.16. The highest BCUT2D eigenvalue weighted by molar-refractivity contribution is 5.71. The average Bonchev–Trinajstić information content (AvgIpc) is 2.06. The van der Waals surface area contributed by atoms with E-state index in [0.29, 0.717) is 0 Å². The van der Waals surface area contributed by atoms with Crippen LogP contribution in [0.5, 0.6) is 0 Å². The Labute approximate surface area is 84.5 Å². The topological polar surface area (TPSA) is 60.8 Å². The maximum atomic E-state index is 10.5. The van der Waals surface area contributed by atoms with Gasteiger partial charge in [0.1, 0.15) is 0 Å². The molecule has 1 fully saturated rings. The van der Waals surface area contributed by atoms with Gasteiger partial charge in [0.05, 0.1) is 5.92 Å². The Morgan fingerprint density at radius 1 is 1.21 bits per heavy atom. The van der Waals surface area contributed by atoms with E-state index in [1.807, 2.05) is 0 Å². The molecule has 1 aliphatic heterocycles. The lowest BCUT2D eigenvalue weighted by Crippen LogP contribution is -2.50. The molecule has 14 heavy (non-hydrogen) atoms. The van der Waals surface area contributed by atoms with Crippen LogP contribution in [0.25, 0.3) is 0 Å². The van der Waals surface area contributed by atoms with E-state index in [4.69, 9.17) is 10.2 Å². The molecule has 1 aliphatic rings. The molecule has 0 aliphatic carbocycles. The SMILES string of the molecule is O=C(O)C1CN(CCCCCCO)C1. The molecule has 4 nitrogen and oxygen atoms in total. The highest BCUT2D eigenvalue weighted by atomic mass is 16.4. The number of carbonyl (C=O) groups is 1. The Morgan fingerprint density at radius 2 is 1.86 bits per heavy atom. The standard InChI is InChI=1S/C10H19NO3/c12-6-4-2-1-3-5-11-7-9(8-11)10(13)14/h9,12H,1-8H2,(H,13,14). The summed E-state index contributed by atoms with van der Waals surface area (Å²) in [6.07, 6.45) is 4.21. The molecule has 0 unspecified atom stereocenters. The number of aliphatic hydroxyl groups excluding tert-OH is 1. The van der Waals surface area contributed by atoms with Crippen molar-refractivity contribution in [3.05, 3.63) is 0 Å². The highest BCUT2D eigenvalue weighted by Gasteiger charge is 2.31. The van der Waals surface area contributed by atoms with Crippen molar-refractivity contribution in [3.8, 4) is 0 Å². The first-order chi connectivity index (χ1) is 6.74. The van der Waals surface area contributed by atoms with Gasteiger partial charge in [0.25, 0.3) is 0 Å². The molecule has 0 aromatic heterocycles. The van der Waals surface area contributed by atoms with E-state index in [9.17, 15) is 4.79 Å². The molecule has 0 bridgehead atoms. The van der Waals surface area contributed by atoms with Gasteiger partial charge in [0.2, 0.25) is 0 Å². The molecular weight excluding hydrogens is 182 g/mol. The lowest BCUT2D eigenvalue weighted by atomic mass is 10.00. The Hall–Kier alpha value is -0.610. The van der Waals surface area contributed by atoms with Crippen LogP contribution in [0.4, 0.5) is 0 Å². The average molecular weight is 201 g/mol. The van der Waals surface area contributed by atoms with Crippen LogP contribution in [-0.4, -0.2) is 47.3 Å². The summed E-state index contributed by atoms with van der Waals surface area (Å²) in [5, 5.41) is 17.2. The van der Waals surface area contributed by atoms with Crippen molar-refractivity contribution in [2.75, 3.05) is 26.2 Å². The lowest BCUT2D eigenvalue weighted by Gasteiger charge is -2.36. The van der Waals surface area contributed by atoms with Gasteiger partial charge in [0, 0.05) is 19.7 Å². The second kappa shape index (κ2) is 5.98. The van der Waals surface area contributed by atoms with E-state index in [-0.39, 0.29) is 12.5 Å². The van der Waals surface area contributed by atoms with Crippen molar-refractivity contribution in [1.82, 2.24) is 4.90 Å². The minimum atomic E-state index is -0.665. The quantitative estimate of drug-likeness (QED) is 0.591. The van der Waals surface area contributed by atoms with Crippen LogP contribution in [0.15, 0.2) is 0 Å². The van der Waals surface area contributed by atoms with E-state index in [0.717, 1.165) is 45.3 Å². The number of hydrogen-bond acceptors (Lipinski definition) is 3. The largest absolute Gasteiger partial charge is 0.481 e. The van der Waals surface area contributed by atoms with Crippen LogP contribution in [0.1, 0.15) is 25.7 Å². The van der Waals surface area contributed by atoms with Crippen LogP contribution in [0, 0.1) is 5.92 Å². The van der Waals surface area contributed by atoms with E-state index < -0.39 is 5.97 Å². The molecule has 0 aromatic rings. The smallest absolute Gasteiger partial charge is 0.309 e. The lowest BCUT2D eigenvalue weighted by molar-refractivity contribution is -0.147. The second-order valence-corrected chi connectivity index (χ2v) is 3.93. The van der Waals surface area contributed by atoms with Gasteiger partial charge in [-0.1, -0.05) is 12.8 Å². The molecule has 82 valence electrons. The van der Waals surface area contributed by atoms with Crippen LogP contribution in [-0.2, 0) is 4.79 Å². The molecule has 4 heteroatoms. The molecule has 0 atom stereocenters. The summed E-state index contributed by atoms with van der Waals surface area (Å²) in [5.74, 6) is -0.797. The Morgan fingerprint density at radius 3 is 2.43 bits per heavy atom. The summed E-state index contributed by atoms with van der Waals surface area (Å²) in [7, 11) is 0. The summed E-state index contributed by atoms with van der Waals surface area (Å²) in [6.45, 7) is 2.73. The van der Waals surface area contributed by atoms with Gasteiger partial charge >= 0.3 is 5.97 Å². The van der Waals surface area contributed by atoms with Crippen molar-refractivity contribution in [3.63, 3.8) is 0 Å². The number of hydrogen-bond donors (Lipinski definition) is 2. The molecule has 1 heterocycles. The van der Waals surface area contributed by atoms with Crippen LogP contribution in [0.3, 0.4) is 0 Å². The van der Waals surface area contributed by atoms with Gasteiger partial charge in [0.15, 0.2) is 0 Å². The third-order valence-corrected chi connectivity index (χ3v) is 2.69. The monoisotopic (exact) mass is 201 g/mol. The van der Waals surface area contributed by atoms with Gasteiger partial charge in [-0.3, -0.25) is 4.79 Å². The number of rotatable bonds is 7. The molecule has 0 amide bonds. The van der Waals surface area contributed by atoms with Gasteiger partial charge in [-0.25, -0.2) is 0 Å². The molecule has 0 radical (unpaired) electrons. The number of nitrogens with zero attached hydrogens (tertiary/aromatic N) is 1. The van der Waals surface area contributed by atoms with E-state index in [1.165, 1.54) is 0 Å². The van der Waals surface area contributed by atoms with E-state index in [1.54, 1.807) is 0 Å². The van der Waals surface area contributed by atoms with Crippen molar-refractivity contribution in [1.29, 1.82) is 0 Å². The van der Waals surface area contributed by atoms with Crippen LogP contribution < -0.4 is 0 Å². The predicted octanol–water partition coefficient (Wildman–Crippen LogP) is 0.555. The Balaban J connectivity index is 1.88. The molecule has 0 saturated carbocycles. The maximum Gasteiger partial charge on any atom is 0.309 e. The molecule has 1 saturated heterocycles. The second-order valence-electron chi connectivity index (χ2n) is 3.93. The van der Waals surface area contributed by atoms with Gasteiger partial charge in [-0.2, -0.15) is 0 Å². The molecule has 0 aromatic carbocycles. The van der Waals surface area contributed by atoms with Crippen molar-refractivity contribution in [2.24, 2.45) is 5.92 Å². The third kappa shape index (κ3) is 3.64. The summed E-state index contributed by atoms with van der Waals surface area (Å²) >= 11 is 0. The minimum Gasteiger partial charge on any atom is -0.481 e. The fraction of sp³-hybridized carbons (Fsp3) is 0.900. The summed E-state index contributed by atoms with van der Waals surface area (Å²) in [4.78, 5) is 12.7. The van der Waals surface area contributed by atoms with Crippen molar-refractivity contribution >= 4 is 5.97 Å². The molecule has 1 rings (SSSR count). The van der Waals surface area contributed by atoms with Crippen molar-refractivity contribution < 1.29 is 15.0 Å². The Bertz CT molecular complexity index is 178. The number of unbranched alkanes of at least 4 members (excludes halogenated alkanes) is 3. The minimum absolute atomic E-state index is 0.132. The number of carboxylic acid groups (broad SMARTS) is 1. The van der Waals surface area contributed by atoms with E-state index >= 15 is 0 Å². The fourth-order valence-electron chi connectivity index (χ4n) is 1.71. The fourth-order valence-corrected chi connectivity index (χ4v) is 1.71. The summed E-state index contributed by atoms with van der Waals surface area (Å²) < 4.78 is 0. The number of aliphatic hydroxyl groups is 1. The van der Waals surface area contributed by atoms with Gasteiger partial charge < -0.3 is 15.1 Å². The number of carboxylic acids is 1. The maximum absolute atomic E-state index is 10.5.